The highest BCUT2D eigenvalue weighted by Crippen LogP contribution is 2.00. The SMILES string of the molecule is CC(C)CCNCCCCCNC(C)(C)C. The van der Waals surface area contributed by atoms with Gasteiger partial charge >= 0.3 is 0 Å². The molecule has 98 valence electrons. The molecule has 0 aliphatic heterocycles. The van der Waals surface area contributed by atoms with Crippen molar-refractivity contribution in [3.05, 3.63) is 0 Å². The van der Waals surface area contributed by atoms with Crippen molar-refractivity contribution in [2.45, 2.75) is 65.8 Å². The number of hydrogen-bond acceptors (Lipinski definition) is 2. The third-order valence-corrected chi connectivity index (χ3v) is 2.58. The Morgan fingerprint density at radius 2 is 1.50 bits per heavy atom. The molecule has 0 saturated carbocycles. The maximum absolute atomic E-state index is 3.52. The minimum Gasteiger partial charge on any atom is -0.317 e. The summed E-state index contributed by atoms with van der Waals surface area (Å²) in [5.41, 5.74) is 0.273. The van der Waals surface area contributed by atoms with Gasteiger partial charge in [-0.3, -0.25) is 0 Å². The zero-order valence-corrected chi connectivity index (χ0v) is 12.0. The van der Waals surface area contributed by atoms with Crippen LogP contribution in [0.4, 0.5) is 0 Å². The standard InChI is InChI=1S/C14H32N2/c1-13(2)9-12-15-10-7-6-8-11-16-14(3,4)5/h13,15-16H,6-12H2,1-5H3. The van der Waals surface area contributed by atoms with E-state index in [9.17, 15) is 0 Å². The molecule has 0 unspecified atom stereocenters. The van der Waals surface area contributed by atoms with Gasteiger partial charge in [0.15, 0.2) is 0 Å². The first-order valence-electron chi connectivity index (χ1n) is 6.87. The largest absolute Gasteiger partial charge is 0.317 e. The first-order valence-corrected chi connectivity index (χ1v) is 6.87. The minimum atomic E-state index is 0.273. The predicted molar refractivity (Wildman–Crippen MR) is 73.9 cm³/mol. The molecule has 0 atom stereocenters. The summed E-state index contributed by atoms with van der Waals surface area (Å²) in [7, 11) is 0. The summed E-state index contributed by atoms with van der Waals surface area (Å²) in [5.74, 6) is 0.823. The van der Waals surface area contributed by atoms with Gasteiger partial charge in [0.2, 0.25) is 0 Å². The molecular weight excluding hydrogens is 196 g/mol. The molecule has 0 saturated heterocycles. The number of hydrogen-bond donors (Lipinski definition) is 2. The Balaban J connectivity index is 3.05. The molecule has 0 fully saturated rings. The molecule has 0 spiro atoms. The van der Waals surface area contributed by atoms with Gasteiger partial charge in [0.05, 0.1) is 0 Å². The van der Waals surface area contributed by atoms with Gasteiger partial charge in [-0.25, -0.2) is 0 Å². The third-order valence-electron chi connectivity index (χ3n) is 2.58. The Hall–Kier alpha value is -0.0800. The predicted octanol–water partition coefficient (Wildman–Crippen LogP) is 3.18. The van der Waals surface area contributed by atoms with Crippen LogP contribution in [0.3, 0.4) is 0 Å². The molecule has 0 aliphatic carbocycles. The van der Waals surface area contributed by atoms with Crippen molar-refractivity contribution in [1.82, 2.24) is 10.6 Å². The van der Waals surface area contributed by atoms with E-state index in [1.165, 1.54) is 38.8 Å². The molecule has 0 aliphatic rings. The van der Waals surface area contributed by atoms with Crippen LogP contribution in [0.2, 0.25) is 0 Å². The van der Waals surface area contributed by atoms with Crippen molar-refractivity contribution >= 4 is 0 Å². The van der Waals surface area contributed by atoms with Crippen LogP contribution in [0.1, 0.15) is 60.3 Å². The normalized spacial score (nSPS) is 12.4. The highest BCUT2D eigenvalue weighted by atomic mass is 14.9. The Bertz CT molecular complexity index is 147. The van der Waals surface area contributed by atoms with E-state index < -0.39 is 0 Å². The molecule has 0 rings (SSSR count). The topological polar surface area (TPSA) is 24.1 Å². The van der Waals surface area contributed by atoms with Crippen molar-refractivity contribution in [1.29, 1.82) is 0 Å². The van der Waals surface area contributed by atoms with Crippen LogP contribution in [0.25, 0.3) is 0 Å². The lowest BCUT2D eigenvalue weighted by molar-refractivity contribution is 0.415. The lowest BCUT2D eigenvalue weighted by Gasteiger charge is -2.20. The molecule has 0 bridgehead atoms. The summed E-state index contributed by atoms with van der Waals surface area (Å²) in [6.07, 6.45) is 5.23. The van der Waals surface area contributed by atoms with Crippen molar-refractivity contribution in [3.63, 3.8) is 0 Å². The molecule has 16 heavy (non-hydrogen) atoms. The van der Waals surface area contributed by atoms with Crippen molar-refractivity contribution in [3.8, 4) is 0 Å². The van der Waals surface area contributed by atoms with Crippen molar-refractivity contribution in [2.75, 3.05) is 19.6 Å². The van der Waals surface area contributed by atoms with Crippen LogP contribution < -0.4 is 10.6 Å². The van der Waals surface area contributed by atoms with E-state index in [0.29, 0.717) is 0 Å². The Morgan fingerprint density at radius 3 is 2.06 bits per heavy atom. The summed E-state index contributed by atoms with van der Waals surface area (Å²) in [5, 5.41) is 7.02. The fourth-order valence-electron chi connectivity index (χ4n) is 1.53. The van der Waals surface area contributed by atoms with Gasteiger partial charge in [-0.05, 0) is 65.6 Å². The van der Waals surface area contributed by atoms with Gasteiger partial charge in [0.1, 0.15) is 0 Å². The summed E-state index contributed by atoms with van der Waals surface area (Å²) in [6.45, 7) is 14.7. The number of rotatable bonds is 9. The molecule has 2 heteroatoms. The second-order valence-electron chi connectivity index (χ2n) is 6.17. The smallest absolute Gasteiger partial charge is 0.00965 e. The van der Waals surface area contributed by atoms with Gasteiger partial charge < -0.3 is 10.6 Å². The molecular formula is C14H32N2. The lowest BCUT2D eigenvalue weighted by atomic mass is 10.1. The van der Waals surface area contributed by atoms with Crippen LogP contribution >= 0.6 is 0 Å². The Morgan fingerprint density at radius 1 is 0.875 bits per heavy atom. The molecule has 0 amide bonds. The Kier molecular flexibility index (Phi) is 8.96. The second-order valence-corrected chi connectivity index (χ2v) is 6.17. The van der Waals surface area contributed by atoms with Gasteiger partial charge in [-0.15, -0.1) is 0 Å². The monoisotopic (exact) mass is 228 g/mol. The van der Waals surface area contributed by atoms with Crippen molar-refractivity contribution in [2.24, 2.45) is 5.92 Å². The highest BCUT2D eigenvalue weighted by Gasteiger charge is 2.06. The van der Waals surface area contributed by atoms with Gasteiger partial charge in [0, 0.05) is 5.54 Å². The first kappa shape index (κ1) is 15.9. The minimum absolute atomic E-state index is 0.273. The fourth-order valence-corrected chi connectivity index (χ4v) is 1.53. The summed E-state index contributed by atoms with van der Waals surface area (Å²) >= 11 is 0. The maximum atomic E-state index is 3.52. The van der Waals surface area contributed by atoms with Crippen LogP contribution in [-0.4, -0.2) is 25.2 Å². The summed E-state index contributed by atoms with van der Waals surface area (Å²) in [4.78, 5) is 0. The van der Waals surface area contributed by atoms with E-state index in [1.807, 2.05) is 0 Å². The third kappa shape index (κ3) is 13.9. The van der Waals surface area contributed by atoms with E-state index in [-0.39, 0.29) is 5.54 Å². The molecule has 0 aromatic carbocycles. The van der Waals surface area contributed by atoms with Crippen LogP contribution in [-0.2, 0) is 0 Å². The van der Waals surface area contributed by atoms with Crippen molar-refractivity contribution < 1.29 is 0 Å². The van der Waals surface area contributed by atoms with Crippen LogP contribution in [0.5, 0.6) is 0 Å². The van der Waals surface area contributed by atoms with Gasteiger partial charge in [-0.1, -0.05) is 20.3 Å². The van der Waals surface area contributed by atoms with E-state index in [2.05, 4.69) is 45.3 Å². The quantitative estimate of drug-likeness (QED) is 0.592. The molecule has 0 heterocycles. The second kappa shape index (κ2) is 9.00. The van der Waals surface area contributed by atoms with E-state index in [0.717, 1.165) is 12.5 Å². The highest BCUT2D eigenvalue weighted by molar-refractivity contribution is 4.69. The summed E-state index contributed by atoms with van der Waals surface area (Å²) < 4.78 is 0. The van der Waals surface area contributed by atoms with E-state index in [4.69, 9.17) is 0 Å². The molecule has 2 nitrogen and oxygen atoms in total. The first-order chi connectivity index (χ1) is 7.42. The molecule has 2 N–H and O–H groups in total. The van der Waals surface area contributed by atoms with E-state index >= 15 is 0 Å². The van der Waals surface area contributed by atoms with Gasteiger partial charge in [0.25, 0.3) is 0 Å². The number of nitrogens with one attached hydrogen (secondary N) is 2. The van der Waals surface area contributed by atoms with E-state index in [1.54, 1.807) is 0 Å². The lowest BCUT2D eigenvalue weighted by Crippen LogP contribution is -2.36. The fraction of sp³-hybridized carbons (Fsp3) is 1.00. The number of unbranched alkanes of at least 4 members (excludes halogenated alkanes) is 2. The Labute approximate surface area is 103 Å². The summed E-state index contributed by atoms with van der Waals surface area (Å²) in [6, 6.07) is 0. The van der Waals surface area contributed by atoms with Crippen LogP contribution in [0.15, 0.2) is 0 Å². The van der Waals surface area contributed by atoms with Gasteiger partial charge in [-0.2, -0.15) is 0 Å². The molecule has 0 aromatic heterocycles. The zero-order valence-electron chi connectivity index (χ0n) is 12.0. The maximum Gasteiger partial charge on any atom is 0.00965 e. The average Bonchev–Trinajstić information content (AvgIpc) is 2.13. The van der Waals surface area contributed by atoms with Crippen LogP contribution in [0, 0.1) is 5.92 Å². The molecule has 0 radical (unpaired) electrons. The molecule has 0 aromatic rings. The average molecular weight is 228 g/mol. The zero-order chi connectivity index (χ0) is 12.4.